The average Bonchev–Trinajstić information content (AvgIpc) is 3.05. The number of carbonyl (C=O) groups is 1. The molecular formula is C11H16N6O2S. The number of esters is 1. The molecule has 0 bridgehead atoms. The summed E-state index contributed by atoms with van der Waals surface area (Å²) in [6, 6.07) is 0. The molecule has 0 aromatic carbocycles. The molecule has 9 heteroatoms. The quantitative estimate of drug-likeness (QED) is 0.579. The highest BCUT2D eigenvalue weighted by Crippen LogP contribution is 2.27. The van der Waals surface area contributed by atoms with E-state index in [1.807, 2.05) is 0 Å². The lowest BCUT2D eigenvalue weighted by molar-refractivity contribution is 0.0529. The lowest BCUT2D eigenvalue weighted by Gasteiger charge is -2.06. The highest BCUT2D eigenvalue weighted by atomic mass is 32.1. The minimum absolute atomic E-state index is 0.201. The lowest BCUT2D eigenvalue weighted by atomic mass is 10.3. The number of nitrogen functional groups attached to an aromatic ring is 1. The number of aromatic nitrogens is 4. The second-order valence-corrected chi connectivity index (χ2v) is 4.71. The molecule has 2 aromatic rings. The van der Waals surface area contributed by atoms with Gasteiger partial charge >= 0.3 is 5.97 Å². The molecule has 0 fully saturated rings. The third kappa shape index (κ3) is 3.44. The zero-order valence-electron chi connectivity index (χ0n) is 11.1. The van der Waals surface area contributed by atoms with Crippen molar-refractivity contribution in [3.63, 3.8) is 0 Å². The molecule has 2 aromatic heterocycles. The van der Waals surface area contributed by atoms with Gasteiger partial charge in [0, 0.05) is 19.3 Å². The van der Waals surface area contributed by atoms with E-state index < -0.39 is 5.97 Å². The van der Waals surface area contributed by atoms with Gasteiger partial charge in [0.25, 0.3) is 0 Å². The second-order valence-electron chi connectivity index (χ2n) is 3.94. The van der Waals surface area contributed by atoms with Crippen molar-refractivity contribution in [2.45, 2.75) is 19.9 Å². The fourth-order valence-electron chi connectivity index (χ4n) is 1.62. The van der Waals surface area contributed by atoms with Crippen molar-refractivity contribution in [2.75, 3.05) is 24.2 Å². The molecule has 0 atom stereocenters. The van der Waals surface area contributed by atoms with Crippen LogP contribution in [-0.4, -0.2) is 38.5 Å². The Balaban J connectivity index is 1.88. The fourth-order valence-corrected chi connectivity index (χ4v) is 2.35. The predicted octanol–water partition coefficient (Wildman–Crippen LogP) is 0.996. The van der Waals surface area contributed by atoms with Crippen molar-refractivity contribution in [3.05, 3.63) is 18.0 Å². The van der Waals surface area contributed by atoms with E-state index in [1.54, 1.807) is 24.0 Å². The molecule has 0 aliphatic heterocycles. The molecule has 0 saturated carbocycles. The van der Waals surface area contributed by atoms with Gasteiger partial charge in [0.15, 0.2) is 5.82 Å². The van der Waals surface area contributed by atoms with Crippen molar-refractivity contribution in [3.8, 4) is 0 Å². The van der Waals surface area contributed by atoms with E-state index in [9.17, 15) is 4.79 Å². The van der Waals surface area contributed by atoms with Crippen LogP contribution in [0.4, 0.5) is 10.8 Å². The Morgan fingerprint density at radius 3 is 3.15 bits per heavy atom. The summed E-state index contributed by atoms with van der Waals surface area (Å²) in [4.78, 5) is 11.8. The highest BCUT2D eigenvalue weighted by Gasteiger charge is 2.20. The van der Waals surface area contributed by atoms with Crippen LogP contribution in [0.1, 0.15) is 23.7 Å². The summed E-state index contributed by atoms with van der Waals surface area (Å²) >= 11 is 1.16. The SMILES string of the molecule is CCOC(=O)c1c(N)nsc1NCCCn1ccnn1. The molecule has 20 heavy (non-hydrogen) atoms. The Bertz CT molecular complexity index is 553. The van der Waals surface area contributed by atoms with Crippen molar-refractivity contribution >= 4 is 28.3 Å². The Labute approximate surface area is 120 Å². The smallest absolute Gasteiger partial charge is 0.344 e. The monoisotopic (exact) mass is 296 g/mol. The first-order chi connectivity index (χ1) is 9.72. The van der Waals surface area contributed by atoms with Crippen molar-refractivity contribution in [2.24, 2.45) is 0 Å². The fraction of sp³-hybridized carbons (Fsp3) is 0.455. The predicted molar refractivity (Wildman–Crippen MR) is 75.6 cm³/mol. The van der Waals surface area contributed by atoms with Gasteiger partial charge in [0.2, 0.25) is 0 Å². The van der Waals surface area contributed by atoms with Crippen LogP contribution in [0.5, 0.6) is 0 Å². The molecule has 108 valence electrons. The largest absolute Gasteiger partial charge is 0.462 e. The van der Waals surface area contributed by atoms with Crippen LogP contribution in [0.3, 0.4) is 0 Å². The maximum Gasteiger partial charge on any atom is 0.344 e. The minimum atomic E-state index is -0.447. The van der Waals surface area contributed by atoms with Gasteiger partial charge in [-0.1, -0.05) is 5.21 Å². The summed E-state index contributed by atoms with van der Waals surface area (Å²) in [5.74, 6) is -0.246. The number of hydrogen-bond donors (Lipinski definition) is 2. The number of hydrogen-bond acceptors (Lipinski definition) is 8. The summed E-state index contributed by atoms with van der Waals surface area (Å²) < 4.78 is 10.7. The molecule has 0 saturated heterocycles. The maximum atomic E-state index is 11.8. The molecule has 8 nitrogen and oxygen atoms in total. The van der Waals surface area contributed by atoms with Crippen LogP contribution in [-0.2, 0) is 11.3 Å². The van der Waals surface area contributed by atoms with Gasteiger partial charge in [0.05, 0.1) is 12.8 Å². The number of nitrogens with one attached hydrogen (secondary N) is 1. The topological polar surface area (TPSA) is 108 Å². The van der Waals surface area contributed by atoms with Crippen molar-refractivity contribution in [1.82, 2.24) is 19.4 Å². The number of aryl methyl sites for hydroxylation is 1. The standard InChI is InChI=1S/C11H16N6O2S/c1-2-19-11(18)8-9(12)15-20-10(8)13-4-3-6-17-7-5-14-16-17/h5,7,13H,2-4,6H2,1H3,(H2,12,15). The average molecular weight is 296 g/mol. The van der Waals surface area contributed by atoms with Crippen LogP contribution < -0.4 is 11.1 Å². The zero-order valence-corrected chi connectivity index (χ0v) is 11.9. The van der Waals surface area contributed by atoms with Crippen LogP contribution in [0.15, 0.2) is 12.4 Å². The number of anilines is 2. The summed E-state index contributed by atoms with van der Waals surface area (Å²) in [5, 5.41) is 11.4. The van der Waals surface area contributed by atoms with E-state index in [0.717, 1.165) is 24.5 Å². The molecule has 0 amide bonds. The summed E-state index contributed by atoms with van der Waals surface area (Å²) in [7, 11) is 0. The molecule has 2 heterocycles. The number of nitrogens with zero attached hydrogens (tertiary/aromatic N) is 4. The van der Waals surface area contributed by atoms with Gasteiger partial charge in [-0.15, -0.1) is 5.10 Å². The number of carbonyl (C=O) groups excluding carboxylic acids is 1. The van der Waals surface area contributed by atoms with Gasteiger partial charge in [-0.25, -0.2) is 4.79 Å². The normalized spacial score (nSPS) is 10.4. The summed E-state index contributed by atoms with van der Waals surface area (Å²) in [5.41, 5.74) is 6.01. The number of ether oxygens (including phenoxy) is 1. The molecule has 2 rings (SSSR count). The molecule has 0 unspecified atom stereocenters. The minimum Gasteiger partial charge on any atom is -0.462 e. The Morgan fingerprint density at radius 1 is 1.60 bits per heavy atom. The van der Waals surface area contributed by atoms with E-state index in [0.29, 0.717) is 23.7 Å². The third-order valence-electron chi connectivity index (χ3n) is 2.52. The van der Waals surface area contributed by atoms with Crippen LogP contribution >= 0.6 is 11.5 Å². The van der Waals surface area contributed by atoms with Crippen molar-refractivity contribution < 1.29 is 9.53 Å². The molecule has 0 aliphatic rings. The molecular weight excluding hydrogens is 280 g/mol. The van der Waals surface area contributed by atoms with E-state index in [1.165, 1.54) is 0 Å². The van der Waals surface area contributed by atoms with Gasteiger partial charge < -0.3 is 15.8 Å². The van der Waals surface area contributed by atoms with E-state index >= 15 is 0 Å². The van der Waals surface area contributed by atoms with Crippen LogP contribution in [0, 0.1) is 0 Å². The maximum absolute atomic E-state index is 11.8. The first-order valence-corrected chi connectivity index (χ1v) is 7.00. The summed E-state index contributed by atoms with van der Waals surface area (Å²) in [6.45, 7) is 3.48. The summed E-state index contributed by atoms with van der Waals surface area (Å²) in [6.07, 6.45) is 4.27. The van der Waals surface area contributed by atoms with E-state index in [2.05, 4.69) is 20.0 Å². The first-order valence-electron chi connectivity index (χ1n) is 6.22. The Morgan fingerprint density at radius 2 is 2.45 bits per heavy atom. The van der Waals surface area contributed by atoms with Crippen LogP contribution in [0.25, 0.3) is 0 Å². The zero-order chi connectivity index (χ0) is 14.4. The Kier molecular flexibility index (Phi) is 4.88. The van der Waals surface area contributed by atoms with Gasteiger partial charge in [0.1, 0.15) is 10.6 Å². The highest BCUT2D eigenvalue weighted by molar-refractivity contribution is 7.11. The van der Waals surface area contributed by atoms with Gasteiger partial charge in [-0.05, 0) is 24.9 Å². The molecule has 0 aliphatic carbocycles. The van der Waals surface area contributed by atoms with E-state index in [-0.39, 0.29) is 5.82 Å². The second kappa shape index (κ2) is 6.85. The Hall–Kier alpha value is -2.16. The van der Waals surface area contributed by atoms with Crippen LogP contribution in [0.2, 0.25) is 0 Å². The first kappa shape index (κ1) is 14.3. The van der Waals surface area contributed by atoms with E-state index in [4.69, 9.17) is 10.5 Å². The third-order valence-corrected chi connectivity index (χ3v) is 3.34. The molecule has 0 radical (unpaired) electrons. The molecule has 0 spiro atoms. The number of nitrogens with two attached hydrogens (primary N) is 1. The number of rotatable bonds is 7. The van der Waals surface area contributed by atoms with Gasteiger partial charge in [-0.2, -0.15) is 4.37 Å². The molecule has 3 N–H and O–H groups in total. The lowest BCUT2D eigenvalue weighted by Crippen LogP contribution is -2.11. The van der Waals surface area contributed by atoms with Gasteiger partial charge in [-0.3, -0.25) is 4.68 Å². The van der Waals surface area contributed by atoms with Crippen molar-refractivity contribution in [1.29, 1.82) is 0 Å².